The third kappa shape index (κ3) is 67.3. The molecule has 0 aliphatic rings. The summed E-state index contributed by atoms with van der Waals surface area (Å²) in [7, 11) is -9.91. The van der Waals surface area contributed by atoms with Crippen molar-refractivity contribution in [1.82, 2.24) is 0 Å². The van der Waals surface area contributed by atoms with Crippen molar-refractivity contribution in [3.05, 3.63) is 0 Å². The van der Waals surface area contributed by atoms with Gasteiger partial charge in [-0.05, 0) is 49.4 Å². The molecule has 0 saturated carbocycles. The number of esters is 4. The summed E-state index contributed by atoms with van der Waals surface area (Å²) in [5.41, 5.74) is 0. The minimum Gasteiger partial charge on any atom is -0.462 e. The lowest BCUT2D eigenvalue weighted by atomic mass is 9.99. The second-order valence-electron chi connectivity index (χ2n) is 28.7. The average Bonchev–Trinajstić information content (AvgIpc) is 2.27. The summed E-state index contributed by atoms with van der Waals surface area (Å²) in [5, 5.41) is 10.6. The molecule has 558 valence electrons. The maximum Gasteiger partial charge on any atom is 0.472 e. The Kier molecular flexibility index (Phi) is 63.1. The van der Waals surface area contributed by atoms with Crippen LogP contribution in [0.2, 0.25) is 0 Å². The Balaban J connectivity index is 5.23. The molecule has 0 spiro atoms. The Morgan fingerprint density at radius 2 is 0.511 bits per heavy atom. The predicted molar refractivity (Wildman–Crippen MR) is 381 cm³/mol. The zero-order chi connectivity index (χ0) is 69.6. The van der Waals surface area contributed by atoms with Crippen LogP contribution in [0.1, 0.15) is 376 Å². The van der Waals surface area contributed by atoms with Gasteiger partial charge >= 0.3 is 39.5 Å². The van der Waals surface area contributed by atoms with Gasteiger partial charge in [-0.2, -0.15) is 0 Å². The topological polar surface area (TPSA) is 237 Å². The Labute approximate surface area is 575 Å². The first-order chi connectivity index (χ1) is 45.1. The maximum atomic E-state index is 13.1. The molecule has 0 aromatic carbocycles. The highest BCUT2D eigenvalue weighted by atomic mass is 31.2. The van der Waals surface area contributed by atoms with E-state index in [9.17, 15) is 43.2 Å². The van der Waals surface area contributed by atoms with Crippen molar-refractivity contribution in [2.45, 2.75) is 395 Å². The zero-order valence-electron chi connectivity index (χ0n) is 61.6. The number of carbonyl (C=O) groups is 4. The van der Waals surface area contributed by atoms with Crippen LogP contribution in [0.25, 0.3) is 0 Å². The summed E-state index contributed by atoms with van der Waals surface area (Å²) in [5.74, 6) is 0.931. The van der Waals surface area contributed by atoms with E-state index in [2.05, 4.69) is 55.4 Å². The Hall–Kier alpha value is -1.94. The van der Waals surface area contributed by atoms with E-state index >= 15 is 0 Å². The van der Waals surface area contributed by atoms with Crippen molar-refractivity contribution in [2.75, 3.05) is 39.6 Å². The third-order valence-electron chi connectivity index (χ3n) is 17.7. The minimum atomic E-state index is -4.96. The summed E-state index contributed by atoms with van der Waals surface area (Å²) >= 11 is 0. The quantitative estimate of drug-likeness (QED) is 0.0222. The number of phosphoric ester groups is 2. The smallest absolute Gasteiger partial charge is 0.462 e. The predicted octanol–water partition coefficient (Wildman–Crippen LogP) is 21.7. The molecule has 0 aliphatic carbocycles. The Bertz CT molecular complexity index is 1850. The van der Waals surface area contributed by atoms with Crippen LogP contribution >= 0.6 is 15.6 Å². The molecule has 4 unspecified atom stereocenters. The van der Waals surface area contributed by atoms with Crippen LogP contribution in [0, 0.1) is 23.7 Å². The maximum absolute atomic E-state index is 13.1. The van der Waals surface area contributed by atoms with Gasteiger partial charge in [0.2, 0.25) is 0 Å². The highest BCUT2D eigenvalue weighted by molar-refractivity contribution is 7.47. The largest absolute Gasteiger partial charge is 0.472 e. The summed E-state index contributed by atoms with van der Waals surface area (Å²) in [6, 6.07) is 0. The van der Waals surface area contributed by atoms with E-state index in [-0.39, 0.29) is 25.7 Å². The molecule has 3 N–H and O–H groups in total. The molecule has 6 atom stereocenters. The van der Waals surface area contributed by atoms with Crippen molar-refractivity contribution >= 4 is 39.5 Å². The molecular weight excluding hydrogens is 1230 g/mol. The lowest BCUT2D eigenvalue weighted by molar-refractivity contribution is -0.161. The van der Waals surface area contributed by atoms with E-state index in [1.165, 1.54) is 173 Å². The number of phosphoric acid groups is 2. The number of unbranched alkanes of at least 4 members (excludes halogenated alkanes) is 37. The van der Waals surface area contributed by atoms with Crippen LogP contribution in [0.5, 0.6) is 0 Å². The van der Waals surface area contributed by atoms with Gasteiger partial charge in [0.25, 0.3) is 0 Å². The van der Waals surface area contributed by atoms with E-state index in [1.54, 1.807) is 0 Å². The van der Waals surface area contributed by atoms with E-state index in [4.69, 9.17) is 37.0 Å². The van der Waals surface area contributed by atoms with Crippen molar-refractivity contribution < 1.29 is 80.2 Å². The number of aliphatic hydroxyl groups is 1. The molecule has 0 saturated heterocycles. The normalized spacial score (nSPS) is 14.4. The summed E-state index contributed by atoms with van der Waals surface area (Å²) < 4.78 is 68.5. The average molecular weight is 1380 g/mol. The Morgan fingerprint density at radius 3 is 0.755 bits per heavy atom. The summed E-state index contributed by atoms with van der Waals surface area (Å²) in [6.07, 6.45) is 48.6. The lowest BCUT2D eigenvalue weighted by Crippen LogP contribution is -2.30. The molecule has 0 fully saturated rings. The van der Waals surface area contributed by atoms with Crippen LogP contribution in [0.15, 0.2) is 0 Å². The van der Waals surface area contributed by atoms with Gasteiger partial charge in [0, 0.05) is 25.7 Å². The third-order valence-corrected chi connectivity index (χ3v) is 19.6. The highest BCUT2D eigenvalue weighted by Crippen LogP contribution is 2.45. The summed E-state index contributed by atoms with van der Waals surface area (Å²) in [4.78, 5) is 72.7. The molecular formula is C75H146O17P2. The molecule has 0 radical (unpaired) electrons. The van der Waals surface area contributed by atoms with Crippen LogP contribution < -0.4 is 0 Å². The monoisotopic (exact) mass is 1380 g/mol. The molecule has 0 rings (SSSR count). The second-order valence-corrected chi connectivity index (χ2v) is 31.6. The molecule has 19 heteroatoms. The van der Waals surface area contributed by atoms with E-state index < -0.39 is 97.5 Å². The number of aliphatic hydroxyl groups excluding tert-OH is 1. The first-order valence-corrected chi connectivity index (χ1v) is 41.7. The molecule has 17 nitrogen and oxygen atoms in total. The fraction of sp³-hybridized carbons (Fsp3) is 0.947. The molecule has 0 aromatic heterocycles. The summed E-state index contributed by atoms with van der Waals surface area (Å²) in [6.45, 7) is 14.2. The van der Waals surface area contributed by atoms with Gasteiger partial charge in [0.15, 0.2) is 12.2 Å². The van der Waals surface area contributed by atoms with Crippen molar-refractivity contribution in [3.8, 4) is 0 Å². The molecule has 0 heterocycles. The van der Waals surface area contributed by atoms with Gasteiger partial charge < -0.3 is 33.8 Å². The molecule has 0 bridgehead atoms. The van der Waals surface area contributed by atoms with E-state index in [1.807, 2.05) is 0 Å². The zero-order valence-corrected chi connectivity index (χ0v) is 63.4. The molecule has 94 heavy (non-hydrogen) atoms. The first kappa shape index (κ1) is 92.1. The number of ether oxygens (including phenoxy) is 4. The first-order valence-electron chi connectivity index (χ1n) is 38.7. The number of hydrogen-bond donors (Lipinski definition) is 3. The van der Waals surface area contributed by atoms with Gasteiger partial charge in [-0.15, -0.1) is 0 Å². The van der Waals surface area contributed by atoms with E-state index in [0.29, 0.717) is 31.6 Å². The van der Waals surface area contributed by atoms with Crippen LogP contribution in [-0.2, 0) is 65.4 Å². The SMILES string of the molecule is CCC(C)CCCCCCCCCCCCCCCCC(=O)O[C@H](COC(=O)CCCCCCCCCCC(C)C)COP(=O)(O)OCC(O)COP(=O)(O)OC[C@@H](COC(=O)CCCCCCCCCC(C)C)OC(=O)CCCCCCCCCCCCCCC(C)C. The minimum absolute atomic E-state index is 0.106. The Morgan fingerprint density at radius 1 is 0.298 bits per heavy atom. The van der Waals surface area contributed by atoms with E-state index in [0.717, 1.165) is 114 Å². The number of hydrogen-bond acceptors (Lipinski definition) is 15. The fourth-order valence-corrected chi connectivity index (χ4v) is 12.9. The van der Waals surface area contributed by atoms with Gasteiger partial charge in [0.05, 0.1) is 26.4 Å². The number of rotatable bonds is 72. The second kappa shape index (κ2) is 64.4. The van der Waals surface area contributed by atoms with Crippen molar-refractivity contribution in [3.63, 3.8) is 0 Å². The van der Waals surface area contributed by atoms with Crippen LogP contribution in [-0.4, -0.2) is 96.7 Å². The van der Waals surface area contributed by atoms with Gasteiger partial charge in [0.1, 0.15) is 19.3 Å². The van der Waals surface area contributed by atoms with Gasteiger partial charge in [-0.3, -0.25) is 37.3 Å². The fourth-order valence-electron chi connectivity index (χ4n) is 11.3. The highest BCUT2D eigenvalue weighted by Gasteiger charge is 2.30. The van der Waals surface area contributed by atoms with Crippen LogP contribution in [0.4, 0.5) is 0 Å². The van der Waals surface area contributed by atoms with Gasteiger partial charge in [-0.25, -0.2) is 9.13 Å². The van der Waals surface area contributed by atoms with Crippen molar-refractivity contribution in [1.29, 1.82) is 0 Å². The van der Waals surface area contributed by atoms with Gasteiger partial charge in [-0.1, -0.05) is 325 Å². The molecule has 0 amide bonds. The van der Waals surface area contributed by atoms with Crippen LogP contribution in [0.3, 0.4) is 0 Å². The standard InChI is InChI=1S/C75H146O17P2/c1-9-68(8)54-46-38-30-21-17-12-10-11-13-18-22-32-41-49-57-74(79)91-70(61-85-72(77)55-47-39-31-25-24-28-36-44-52-66(4)5)63-89-93(81,82)87-59-69(76)60-88-94(83,84)90-64-71(62-86-73(78)56-48-40-34-26-29-37-45-53-67(6)7)92-75(80)58-50-42-33-23-19-15-14-16-20-27-35-43-51-65(2)3/h65-71,76H,9-64H2,1-8H3,(H,81,82)(H,83,84)/t68?,69?,70-,71-/m1/s1. The number of carbonyl (C=O) groups excluding carboxylic acids is 4. The lowest BCUT2D eigenvalue weighted by Gasteiger charge is -2.21. The molecule has 0 aromatic rings. The molecule has 0 aliphatic heterocycles. The van der Waals surface area contributed by atoms with Crippen molar-refractivity contribution in [2.24, 2.45) is 23.7 Å².